The number of unbranched alkanes of at least 4 members (excludes halogenated alkanes) is 1. The number of nitrogens with one attached hydrogen (secondary N) is 2. The Morgan fingerprint density at radius 1 is 1.45 bits per heavy atom. The van der Waals surface area contributed by atoms with Crippen LogP contribution in [0.4, 0.5) is 5.82 Å². The molecule has 1 aromatic rings. The van der Waals surface area contributed by atoms with E-state index in [2.05, 4.69) is 38.0 Å². The summed E-state index contributed by atoms with van der Waals surface area (Å²) in [6, 6.07) is 1.43. The number of rotatable bonds is 9. The fourth-order valence-corrected chi connectivity index (χ4v) is 3.05. The van der Waals surface area contributed by atoms with Gasteiger partial charge in [0, 0.05) is 23.8 Å². The van der Waals surface area contributed by atoms with Gasteiger partial charge >= 0.3 is 0 Å². The molecule has 0 aromatic carbocycles. The number of sulfonamides is 1. The molecule has 0 unspecified atom stereocenters. The summed E-state index contributed by atoms with van der Waals surface area (Å²) in [4.78, 5) is 3.89. The van der Waals surface area contributed by atoms with Crippen molar-refractivity contribution in [2.75, 3.05) is 25.2 Å². The van der Waals surface area contributed by atoms with Crippen LogP contribution in [-0.4, -0.2) is 33.2 Å². The predicted octanol–water partition coefficient (Wildman–Crippen LogP) is 1.22. The van der Waals surface area contributed by atoms with Crippen molar-refractivity contribution in [3.8, 4) is 0 Å². The highest BCUT2D eigenvalue weighted by atomic mass is 79.9. The molecule has 0 aliphatic heterocycles. The van der Waals surface area contributed by atoms with Gasteiger partial charge in [0.15, 0.2) is 5.82 Å². The maximum atomic E-state index is 12.1. The fourth-order valence-electron chi connectivity index (χ4n) is 1.41. The third-order valence-electron chi connectivity index (χ3n) is 2.43. The lowest BCUT2D eigenvalue weighted by Gasteiger charge is -2.10. The lowest BCUT2D eigenvalue weighted by molar-refractivity contribution is 0.136. The van der Waals surface area contributed by atoms with E-state index in [-0.39, 0.29) is 17.3 Å². The summed E-state index contributed by atoms with van der Waals surface area (Å²) >= 11 is 3.18. The number of anilines is 1. The third kappa shape index (κ3) is 5.33. The van der Waals surface area contributed by atoms with E-state index in [0.717, 1.165) is 12.8 Å². The summed E-state index contributed by atoms with van der Waals surface area (Å²) in [5, 5.41) is 0. The van der Waals surface area contributed by atoms with E-state index in [9.17, 15) is 8.42 Å². The molecule has 114 valence electrons. The number of hydrogen-bond acceptors (Lipinski definition) is 6. The minimum absolute atomic E-state index is 0.0112. The first-order valence-corrected chi connectivity index (χ1v) is 8.48. The van der Waals surface area contributed by atoms with Gasteiger partial charge in [0.05, 0.1) is 6.61 Å². The molecule has 4 N–H and O–H groups in total. The summed E-state index contributed by atoms with van der Waals surface area (Å²) in [6.07, 6.45) is 3.46. The molecule has 1 heterocycles. The highest BCUT2D eigenvalue weighted by Crippen LogP contribution is 2.21. The van der Waals surface area contributed by atoms with Gasteiger partial charge in [-0.25, -0.2) is 24.0 Å². The van der Waals surface area contributed by atoms with Crippen LogP contribution in [0.25, 0.3) is 0 Å². The van der Waals surface area contributed by atoms with Crippen LogP contribution in [-0.2, 0) is 14.8 Å². The quantitative estimate of drug-likeness (QED) is 0.344. The second kappa shape index (κ2) is 8.53. The normalized spacial score (nSPS) is 11.6. The predicted molar refractivity (Wildman–Crippen MR) is 80.7 cm³/mol. The van der Waals surface area contributed by atoms with Crippen LogP contribution < -0.4 is 16.0 Å². The van der Waals surface area contributed by atoms with Gasteiger partial charge in [-0.2, -0.15) is 0 Å². The van der Waals surface area contributed by atoms with E-state index in [1.165, 1.54) is 12.3 Å². The second-order valence-electron chi connectivity index (χ2n) is 4.01. The summed E-state index contributed by atoms with van der Waals surface area (Å²) in [6.45, 7) is 3.22. The Bertz CT molecular complexity index is 524. The number of nitrogens with zero attached hydrogens (tertiary/aromatic N) is 1. The van der Waals surface area contributed by atoms with Gasteiger partial charge < -0.3 is 10.2 Å². The van der Waals surface area contributed by atoms with E-state index in [0.29, 0.717) is 17.7 Å². The molecule has 0 fully saturated rings. The smallest absolute Gasteiger partial charge is 0.244 e. The first-order valence-electron chi connectivity index (χ1n) is 6.21. The Morgan fingerprint density at radius 3 is 2.85 bits per heavy atom. The van der Waals surface area contributed by atoms with Gasteiger partial charge in [0.25, 0.3) is 0 Å². The molecule has 0 aliphatic carbocycles. The van der Waals surface area contributed by atoms with E-state index in [4.69, 9.17) is 10.6 Å². The Balaban J connectivity index is 2.62. The summed E-state index contributed by atoms with van der Waals surface area (Å²) < 4.78 is 32.6. The van der Waals surface area contributed by atoms with Crippen molar-refractivity contribution in [1.29, 1.82) is 0 Å². The fraction of sp³-hybridized carbons (Fsp3) is 0.545. The van der Waals surface area contributed by atoms with Crippen molar-refractivity contribution in [3.05, 3.63) is 16.7 Å². The molecule has 0 amide bonds. The maximum absolute atomic E-state index is 12.1. The summed E-state index contributed by atoms with van der Waals surface area (Å²) in [5.74, 6) is 5.35. The average molecular weight is 367 g/mol. The van der Waals surface area contributed by atoms with Gasteiger partial charge in [-0.1, -0.05) is 13.3 Å². The monoisotopic (exact) mass is 366 g/mol. The van der Waals surface area contributed by atoms with Crippen molar-refractivity contribution in [1.82, 2.24) is 9.71 Å². The Kier molecular flexibility index (Phi) is 7.38. The third-order valence-corrected chi connectivity index (χ3v) is 4.33. The van der Waals surface area contributed by atoms with Crippen molar-refractivity contribution < 1.29 is 13.2 Å². The molecule has 20 heavy (non-hydrogen) atoms. The highest BCUT2D eigenvalue weighted by Gasteiger charge is 2.19. The molecular formula is C11H19BrN4O3S. The molecule has 0 spiro atoms. The zero-order valence-electron chi connectivity index (χ0n) is 11.2. The number of ether oxygens (including phenoxy) is 1. The van der Waals surface area contributed by atoms with E-state index < -0.39 is 10.0 Å². The maximum Gasteiger partial charge on any atom is 0.244 e. The molecule has 7 nitrogen and oxygen atoms in total. The van der Waals surface area contributed by atoms with Crippen LogP contribution >= 0.6 is 15.9 Å². The van der Waals surface area contributed by atoms with Crippen LogP contribution in [0.2, 0.25) is 0 Å². The number of hydrogen-bond donors (Lipinski definition) is 3. The van der Waals surface area contributed by atoms with Crippen molar-refractivity contribution in [2.45, 2.75) is 24.7 Å². The van der Waals surface area contributed by atoms with Crippen LogP contribution in [0.3, 0.4) is 0 Å². The van der Waals surface area contributed by atoms with E-state index in [1.807, 2.05) is 0 Å². The lowest BCUT2D eigenvalue weighted by atomic mass is 10.4. The average Bonchev–Trinajstić information content (AvgIpc) is 2.42. The number of nitrogens with two attached hydrogens (primary N) is 1. The molecule has 9 heteroatoms. The molecule has 1 rings (SSSR count). The number of pyridine rings is 1. The molecule has 0 aliphatic rings. The lowest BCUT2D eigenvalue weighted by Crippen LogP contribution is -2.29. The van der Waals surface area contributed by atoms with Gasteiger partial charge in [-0.15, -0.1) is 0 Å². The molecule has 0 saturated heterocycles. The number of hydrazine groups is 1. The summed E-state index contributed by atoms with van der Waals surface area (Å²) in [5.41, 5.74) is 2.26. The molecule has 0 saturated carbocycles. The van der Waals surface area contributed by atoms with Crippen LogP contribution in [0.15, 0.2) is 21.6 Å². The van der Waals surface area contributed by atoms with Crippen LogP contribution in [0, 0.1) is 0 Å². The van der Waals surface area contributed by atoms with Crippen molar-refractivity contribution in [3.63, 3.8) is 0 Å². The van der Waals surface area contributed by atoms with Gasteiger partial charge in [-0.05, 0) is 28.4 Å². The Hall–Kier alpha value is -0.740. The Labute approximate surface area is 127 Å². The number of halogens is 1. The second-order valence-corrected chi connectivity index (χ2v) is 6.66. The zero-order chi connectivity index (χ0) is 15.0. The molecular weight excluding hydrogens is 348 g/mol. The molecule has 1 aromatic heterocycles. The highest BCUT2D eigenvalue weighted by molar-refractivity contribution is 9.10. The van der Waals surface area contributed by atoms with Crippen molar-refractivity contribution >= 4 is 31.8 Å². The molecule has 0 radical (unpaired) electrons. The van der Waals surface area contributed by atoms with Gasteiger partial charge in [0.1, 0.15) is 4.90 Å². The standard InChI is InChI=1S/C11H19BrN4O3S/c1-2-3-5-19-6-4-15-20(17,18)10-7-9(12)8-14-11(10)16-13/h7-8,15H,2-6,13H2,1H3,(H,14,16). The SMILES string of the molecule is CCCCOCCNS(=O)(=O)c1cc(Br)cnc1NN. The summed E-state index contributed by atoms with van der Waals surface area (Å²) in [7, 11) is -3.68. The minimum atomic E-state index is -3.68. The molecule has 0 atom stereocenters. The van der Waals surface area contributed by atoms with Gasteiger partial charge in [0.2, 0.25) is 10.0 Å². The van der Waals surface area contributed by atoms with Crippen LogP contribution in [0.5, 0.6) is 0 Å². The zero-order valence-corrected chi connectivity index (χ0v) is 13.6. The van der Waals surface area contributed by atoms with Crippen LogP contribution in [0.1, 0.15) is 19.8 Å². The van der Waals surface area contributed by atoms with E-state index >= 15 is 0 Å². The molecule has 0 bridgehead atoms. The van der Waals surface area contributed by atoms with Crippen molar-refractivity contribution in [2.24, 2.45) is 5.84 Å². The largest absolute Gasteiger partial charge is 0.380 e. The Morgan fingerprint density at radius 2 is 2.20 bits per heavy atom. The number of aromatic nitrogens is 1. The first-order chi connectivity index (χ1) is 9.51. The topological polar surface area (TPSA) is 106 Å². The first kappa shape index (κ1) is 17.3. The van der Waals surface area contributed by atoms with E-state index in [1.54, 1.807) is 0 Å². The van der Waals surface area contributed by atoms with Gasteiger partial charge in [-0.3, -0.25) is 0 Å². The number of nitrogen functional groups attached to an aromatic ring is 1. The minimum Gasteiger partial charge on any atom is -0.380 e.